The molecule has 0 aromatic carbocycles. The van der Waals surface area contributed by atoms with Crippen LogP contribution in [-0.2, 0) is 4.43 Å². The molecular formula is C14H24OSi. The monoisotopic (exact) mass is 236 g/mol. The van der Waals surface area contributed by atoms with Crippen molar-refractivity contribution < 1.29 is 4.43 Å². The molecule has 0 spiro atoms. The van der Waals surface area contributed by atoms with Gasteiger partial charge in [0, 0.05) is 5.92 Å². The van der Waals surface area contributed by atoms with Gasteiger partial charge >= 0.3 is 0 Å². The largest absolute Gasteiger partial charge is 0.413 e. The van der Waals surface area contributed by atoms with Crippen molar-refractivity contribution in [3.8, 4) is 0 Å². The van der Waals surface area contributed by atoms with Gasteiger partial charge in [0.15, 0.2) is 8.32 Å². The maximum absolute atomic E-state index is 6.27. The summed E-state index contributed by atoms with van der Waals surface area (Å²) in [4.78, 5) is 0. The maximum Gasteiger partial charge on any atom is 0.192 e. The third-order valence-electron chi connectivity index (χ3n) is 4.43. The zero-order chi connectivity index (χ0) is 12.0. The summed E-state index contributed by atoms with van der Waals surface area (Å²) >= 11 is 0. The standard InChI is InChI=1S/C14H24OSi/c1-14(2,3)16(4,5)15-10-13-9-11-6-7-12(13)8-11/h6-7,9,11-12H,8,10H2,1-5H3/t11-,12+/m1/s1. The quantitative estimate of drug-likeness (QED) is 0.528. The molecule has 90 valence electrons. The first kappa shape index (κ1) is 12.1. The van der Waals surface area contributed by atoms with E-state index in [4.69, 9.17) is 4.43 Å². The third-order valence-corrected chi connectivity index (χ3v) is 8.91. The summed E-state index contributed by atoms with van der Waals surface area (Å²) in [7, 11) is -1.56. The lowest BCUT2D eigenvalue weighted by atomic mass is 10.0. The molecular weight excluding hydrogens is 212 g/mol. The van der Waals surface area contributed by atoms with Crippen LogP contribution in [0.15, 0.2) is 23.8 Å². The normalized spacial score (nSPS) is 28.7. The van der Waals surface area contributed by atoms with Gasteiger partial charge in [-0.3, -0.25) is 0 Å². The second-order valence-electron chi connectivity index (χ2n) is 6.68. The van der Waals surface area contributed by atoms with E-state index in [1.165, 1.54) is 12.0 Å². The molecule has 2 rings (SSSR count). The predicted molar refractivity (Wildman–Crippen MR) is 72.0 cm³/mol. The van der Waals surface area contributed by atoms with E-state index in [1.807, 2.05) is 0 Å². The van der Waals surface area contributed by atoms with Crippen molar-refractivity contribution in [2.45, 2.75) is 45.3 Å². The Labute approximate surface area is 101 Å². The molecule has 2 atom stereocenters. The molecule has 0 saturated heterocycles. The number of hydrogen-bond donors (Lipinski definition) is 0. The first-order valence-corrected chi connectivity index (χ1v) is 9.23. The molecule has 0 heterocycles. The zero-order valence-electron chi connectivity index (χ0n) is 11.2. The molecule has 0 saturated carbocycles. The lowest BCUT2D eigenvalue weighted by Gasteiger charge is -2.36. The van der Waals surface area contributed by atoms with Crippen LogP contribution in [0.5, 0.6) is 0 Å². The molecule has 0 aliphatic heterocycles. The molecule has 2 aliphatic rings. The van der Waals surface area contributed by atoms with Gasteiger partial charge in [0.2, 0.25) is 0 Å². The van der Waals surface area contributed by atoms with Crippen molar-refractivity contribution in [3.05, 3.63) is 23.8 Å². The van der Waals surface area contributed by atoms with Gasteiger partial charge in [-0.25, -0.2) is 0 Å². The van der Waals surface area contributed by atoms with E-state index in [0.717, 1.165) is 6.61 Å². The van der Waals surface area contributed by atoms with Crippen LogP contribution in [0.1, 0.15) is 27.2 Å². The molecule has 0 aromatic rings. The zero-order valence-corrected chi connectivity index (χ0v) is 12.2. The van der Waals surface area contributed by atoms with E-state index in [2.05, 4.69) is 52.1 Å². The van der Waals surface area contributed by atoms with Gasteiger partial charge in [0.25, 0.3) is 0 Å². The summed E-state index contributed by atoms with van der Waals surface area (Å²) in [6.07, 6.45) is 8.41. The Bertz CT molecular complexity index is 333. The number of allylic oxidation sites excluding steroid dienone is 3. The molecule has 0 amide bonds. The Hall–Kier alpha value is -0.343. The van der Waals surface area contributed by atoms with Crippen molar-refractivity contribution in [2.75, 3.05) is 6.61 Å². The van der Waals surface area contributed by atoms with Crippen LogP contribution in [0.3, 0.4) is 0 Å². The first-order chi connectivity index (χ1) is 7.29. The molecule has 1 nitrogen and oxygen atoms in total. The van der Waals surface area contributed by atoms with E-state index in [-0.39, 0.29) is 0 Å². The minimum Gasteiger partial charge on any atom is -0.413 e. The average Bonchev–Trinajstić information content (AvgIpc) is 2.73. The van der Waals surface area contributed by atoms with Crippen LogP contribution in [0, 0.1) is 11.8 Å². The van der Waals surface area contributed by atoms with Gasteiger partial charge < -0.3 is 4.43 Å². The summed E-state index contributed by atoms with van der Waals surface area (Å²) < 4.78 is 6.27. The Balaban J connectivity index is 1.92. The van der Waals surface area contributed by atoms with E-state index < -0.39 is 8.32 Å². The van der Waals surface area contributed by atoms with Gasteiger partial charge in [-0.1, -0.05) is 39.0 Å². The van der Waals surface area contributed by atoms with Crippen LogP contribution in [0.4, 0.5) is 0 Å². The van der Waals surface area contributed by atoms with Crippen LogP contribution in [0.2, 0.25) is 18.1 Å². The summed E-state index contributed by atoms with van der Waals surface area (Å²) in [6.45, 7) is 12.4. The molecule has 0 N–H and O–H groups in total. The lowest BCUT2D eigenvalue weighted by molar-refractivity contribution is 0.311. The second-order valence-corrected chi connectivity index (χ2v) is 11.5. The summed E-state index contributed by atoms with van der Waals surface area (Å²) in [5.41, 5.74) is 1.53. The SMILES string of the molecule is CC(C)(C)[Si](C)(C)OCC1=C[C@@H]2C=C[C@H]1C2. The predicted octanol–water partition coefficient (Wildman–Crippen LogP) is 4.14. The van der Waals surface area contributed by atoms with Crippen LogP contribution >= 0.6 is 0 Å². The fraction of sp³-hybridized carbons (Fsp3) is 0.714. The smallest absolute Gasteiger partial charge is 0.192 e. The summed E-state index contributed by atoms with van der Waals surface area (Å²) in [6, 6.07) is 0. The Kier molecular flexibility index (Phi) is 2.91. The van der Waals surface area contributed by atoms with Crippen molar-refractivity contribution in [1.29, 1.82) is 0 Å². The van der Waals surface area contributed by atoms with Crippen LogP contribution in [-0.4, -0.2) is 14.9 Å². The second kappa shape index (κ2) is 3.85. The van der Waals surface area contributed by atoms with Crippen molar-refractivity contribution in [2.24, 2.45) is 11.8 Å². The lowest BCUT2D eigenvalue weighted by Crippen LogP contribution is -2.41. The molecule has 0 radical (unpaired) electrons. The number of hydrogen-bond acceptors (Lipinski definition) is 1. The van der Waals surface area contributed by atoms with Gasteiger partial charge in [0.1, 0.15) is 0 Å². The van der Waals surface area contributed by atoms with E-state index in [9.17, 15) is 0 Å². The molecule has 0 unspecified atom stereocenters. The molecule has 2 bridgehead atoms. The highest BCUT2D eigenvalue weighted by Crippen LogP contribution is 2.41. The summed E-state index contributed by atoms with van der Waals surface area (Å²) in [5, 5.41) is 0.320. The molecule has 0 aromatic heterocycles. The van der Waals surface area contributed by atoms with Gasteiger partial charge in [0.05, 0.1) is 6.61 Å². The Morgan fingerprint density at radius 3 is 2.44 bits per heavy atom. The van der Waals surface area contributed by atoms with Crippen molar-refractivity contribution in [1.82, 2.24) is 0 Å². The molecule has 2 heteroatoms. The van der Waals surface area contributed by atoms with Gasteiger partial charge in [-0.05, 0) is 36.0 Å². The number of fused-ring (bicyclic) bond motifs is 2. The molecule has 2 aliphatic carbocycles. The van der Waals surface area contributed by atoms with Crippen LogP contribution < -0.4 is 0 Å². The van der Waals surface area contributed by atoms with Crippen molar-refractivity contribution >= 4 is 8.32 Å². The van der Waals surface area contributed by atoms with E-state index in [1.54, 1.807) is 0 Å². The first-order valence-electron chi connectivity index (χ1n) is 6.32. The minimum absolute atomic E-state index is 0.320. The highest BCUT2D eigenvalue weighted by atomic mass is 28.4. The highest BCUT2D eigenvalue weighted by molar-refractivity contribution is 6.74. The topological polar surface area (TPSA) is 9.23 Å². The fourth-order valence-corrected chi connectivity index (χ4v) is 3.12. The van der Waals surface area contributed by atoms with Gasteiger partial charge in [-0.15, -0.1) is 0 Å². The number of rotatable bonds is 3. The summed E-state index contributed by atoms with van der Waals surface area (Å²) in [5.74, 6) is 1.40. The Morgan fingerprint density at radius 1 is 1.31 bits per heavy atom. The van der Waals surface area contributed by atoms with Crippen LogP contribution in [0.25, 0.3) is 0 Å². The maximum atomic E-state index is 6.27. The van der Waals surface area contributed by atoms with Gasteiger partial charge in [-0.2, -0.15) is 0 Å². The van der Waals surface area contributed by atoms with E-state index in [0.29, 0.717) is 16.9 Å². The average molecular weight is 236 g/mol. The van der Waals surface area contributed by atoms with Crippen molar-refractivity contribution in [3.63, 3.8) is 0 Å². The Morgan fingerprint density at radius 2 is 2.00 bits per heavy atom. The third kappa shape index (κ3) is 2.18. The minimum atomic E-state index is -1.56. The molecule has 16 heavy (non-hydrogen) atoms. The highest BCUT2D eigenvalue weighted by Gasteiger charge is 2.38. The van der Waals surface area contributed by atoms with E-state index >= 15 is 0 Å². The molecule has 0 fully saturated rings. The fourth-order valence-electron chi connectivity index (χ4n) is 2.16.